The van der Waals surface area contributed by atoms with Gasteiger partial charge in [-0.25, -0.2) is 0 Å². The highest BCUT2D eigenvalue weighted by molar-refractivity contribution is 5.38. The minimum Gasteiger partial charge on any atom is -0.321 e. The Morgan fingerprint density at radius 2 is 2.10 bits per heavy atom. The van der Waals surface area contributed by atoms with Crippen LogP contribution in [0.15, 0.2) is 24.3 Å². The highest BCUT2D eigenvalue weighted by atomic mass is 14.8. The van der Waals surface area contributed by atoms with Crippen molar-refractivity contribution in [3.05, 3.63) is 35.4 Å². The van der Waals surface area contributed by atoms with Crippen LogP contribution in [0, 0.1) is 23.7 Å². The molecular formula is C18H24N2. The molecule has 0 saturated heterocycles. The van der Waals surface area contributed by atoms with Crippen molar-refractivity contribution in [1.82, 2.24) is 0 Å². The van der Waals surface area contributed by atoms with Gasteiger partial charge >= 0.3 is 0 Å². The van der Waals surface area contributed by atoms with E-state index in [2.05, 4.69) is 37.1 Å². The van der Waals surface area contributed by atoms with Crippen LogP contribution in [-0.2, 0) is 12.0 Å². The Morgan fingerprint density at radius 3 is 2.85 bits per heavy atom. The number of aryl methyl sites for hydroxylation is 1. The molecule has 0 bridgehead atoms. The smallest absolute Gasteiger partial charge is 0.0716 e. The van der Waals surface area contributed by atoms with E-state index in [0.29, 0.717) is 5.92 Å². The molecule has 106 valence electrons. The van der Waals surface area contributed by atoms with E-state index in [1.807, 2.05) is 0 Å². The minimum absolute atomic E-state index is 0.0363. The van der Waals surface area contributed by atoms with Gasteiger partial charge in [-0.1, -0.05) is 37.1 Å². The second kappa shape index (κ2) is 4.62. The Kier molecular flexibility index (Phi) is 3.16. The molecule has 1 saturated carbocycles. The molecular weight excluding hydrogens is 244 g/mol. The molecule has 1 aromatic carbocycles. The van der Waals surface area contributed by atoms with Crippen molar-refractivity contribution in [2.45, 2.75) is 50.6 Å². The molecule has 0 spiro atoms. The molecule has 0 radical (unpaired) electrons. The van der Waals surface area contributed by atoms with Crippen molar-refractivity contribution >= 4 is 0 Å². The SMILES string of the molecule is C#CC(N)C1(C)CCC2(N)c3ccccc3CCC2C1. The van der Waals surface area contributed by atoms with Gasteiger partial charge in [-0.05, 0) is 54.6 Å². The maximum Gasteiger partial charge on any atom is 0.0716 e. The molecule has 0 heterocycles. The van der Waals surface area contributed by atoms with Crippen LogP contribution in [0.5, 0.6) is 0 Å². The van der Waals surface area contributed by atoms with Crippen LogP contribution in [0.1, 0.15) is 43.7 Å². The lowest BCUT2D eigenvalue weighted by molar-refractivity contribution is 0.0570. The molecule has 4 unspecified atom stereocenters. The van der Waals surface area contributed by atoms with Crippen LogP contribution < -0.4 is 11.5 Å². The Hall–Kier alpha value is -1.30. The molecule has 2 aliphatic rings. The van der Waals surface area contributed by atoms with Gasteiger partial charge in [0.2, 0.25) is 0 Å². The summed E-state index contributed by atoms with van der Waals surface area (Å²) in [6, 6.07) is 8.50. The lowest BCUT2D eigenvalue weighted by atomic mass is 9.55. The molecule has 0 amide bonds. The maximum absolute atomic E-state index is 6.85. The van der Waals surface area contributed by atoms with Gasteiger partial charge in [-0.3, -0.25) is 0 Å². The predicted octanol–water partition coefficient (Wildman–Crippen LogP) is 2.55. The zero-order valence-corrected chi connectivity index (χ0v) is 12.2. The van der Waals surface area contributed by atoms with Gasteiger partial charge in [0.05, 0.1) is 6.04 Å². The van der Waals surface area contributed by atoms with Crippen LogP contribution in [0.25, 0.3) is 0 Å². The molecule has 4 atom stereocenters. The van der Waals surface area contributed by atoms with Crippen LogP contribution in [0.4, 0.5) is 0 Å². The fourth-order valence-electron chi connectivity index (χ4n) is 4.26. The van der Waals surface area contributed by atoms with Crippen LogP contribution in [0.3, 0.4) is 0 Å². The number of rotatable bonds is 1. The first-order chi connectivity index (χ1) is 9.49. The normalized spacial score (nSPS) is 37.4. The molecule has 1 aromatic rings. The Labute approximate surface area is 121 Å². The lowest BCUT2D eigenvalue weighted by Gasteiger charge is -2.52. The highest BCUT2D eigenvalue weighted by Gasteiger charge is 2.49. The van der Waals surface area contributed by atoms with Crippen LogP contribution in [0.2, 0.25) is 0 Å². The number of benzene rings is 1. The average molecular weight is 268 g/mol. The number of fused-ring (bicyclic) bond motifs is 3. The Bertz CT molecular complexity index is 559. The topological polar surface area (TPSA) is 52.0 Å². The third-order valence-electron chi connectivity index (χ3n) is 5.76. The van der Waals surface area contributed by atoms with Gasteiger partial charge in [0.25, 0.3) is 0 Å². The van der Waals surface area contributed by atoms with E-state index in [-0.39, 0.29) is 17.0 Å². The molecule has 2 aliphatic carbocycles. The lowest BCUT2D eigenvalue weighted by Crippen LogP contribution is -2.55. The standard InChI is InChI=1S/C18H24N2/c1-3-16(19)17(2)10-11-18(20)14(12-17)9-8-13-6-4-5-7-15(13)18/h1,4-7,14,16H,8-12,19-20H2,2H3. The highest BCUT2D eigenvalue weighted by Crippen LogP contribution is 2.53. The minimum atomic E-state index is -0.178. The molecule has 2 nitrogen and oxygen atoms in total. The molecule has 0 aromatic heterocycles. The van der Waals surface area contributed by atoms with E-state index in [0.717, 1.165) is 32.1 Å². The molecule has 4 N–H and O–H groups in total. The van der Waals surface area contributed by atoms with Gasteiger partial charge in [0.15, 0.2) is 0 Å². The fraction of sp³-hybridized carbons (Fsp3) is 0.556. The molecule has 3 rings (SSSR count). The molecule has 0 aliphatic heterocycles. The first-order valence-corrected chi connectivity index (χ1v) is 7.58. The van der Waals surface area contributed by atoms with Crippen molar-refractivity contribution < 1.29 is 0 Å². The summed E-state index contributed by atoms with van der Waals surface area (Å²) in [6.45, 7) is 2.23. The van der Waals surface area contributed by atoms with Crippen molar-refractivity contribution in [1.29, 1.82) is 0 Å². The summed E-state index contributed by atoms with van der Waals surface area (Å²) in [4.78, 5) is 0. The maximum atomic E-state index is 6.85. The summed E-state index contributed by atoms with van der Waals surface area (Å²) < 4.78 is 0. The first-order valence-electron chi connectivity index (χ1n) is 7.58. The van der Waals surface area contributed by atoms with E-state index in [1.165, 1.54) is 11.1 Å². The third-order valence-corrected chi connectivity index (χ3v) is 5.76. The second-order valence-corrected chi connectivity index (χ2v) is 6.94. The quantitative estimate of drug-likeness (QED) is 0.769. The Morgan fingerprint density at radius 1 is 1.35 bits per heavy atom. The second-order valence-electron chi connectivity index (χ2n) is 6.94. The molecule has 1 fully saturated rings. The zero-order chi connectivity index (χ0) is 14.4. The Balaban J connectivity index is 1.94. The average Bonchev–Trinajstić information content (AvgIpc) is 2.47. The fourth-order valence-corrected chi connectivity index (χ4v) is 4.26. The van der Waals surface area contributed by atoms with E-state index >= 15 is 0 Å². The number of terminal acetylenes is 1. The molecule has 20 heavy (non-hydrogen) atoms. The summed E-state index contributed by atoms with van der Waals surface area (Å²) in [5, 5.41) is 0. The summed E-state index contributed by atoms with van der Waals surface area (Å²) in [6.07, 6.45) is 10.9. The van der Waals surface area contributed by atoms with Crippen molar-refractivity contribution in [2.24, 2.45) is 22.8 Å². The number of hydrogen-bond donors (Lipinski definition) is 2. The number of nitrogens with two attached hydrogens (primary N) is 2. The van der Waals surface area contributed by atoms with Gasteiger partial charge in [0, 0.05) is 5.54 Å². The van der Waals surface area contributed by atoms with Crippen molar-refractivity contribution in [2.75, 3.05) is 0 Å². The number of hydrogen-bond acceptors (Lipinski definition) is 2. The zero-order valence-electron chi connectivity index (χ0n) is 12.2. The van der Waals surface area contributed by atoms with E-state index in [1.54, 1.807) is 0 Å². The van der Waals surface area contributed by atoms with Gasteiger partial charge < -0.3 is 11.5 Å². The van der Waals surface area contributed by atoms with E-state index < -0.39 is 0 Å². The monoisotopic (exact) mass is 268 g/mol. The van der Waals surface area contributed by atoms with Gasteiger partial charge in [0.1, 0.15) is 0 Å². The summed E-state index contributed by atoms with van der Waals surface area (Å²) in [7, 11) is 0. The van der Waals surface area contributed by atoms with Crippen molar-refractivity contribution in [3.63, 3.8) is 0 Å². The summed E-state index contributed by atoms with van der Waals surface area (Å²) in [5.74, 6) is 3.24. The van der Waals surface area contributed by atoms with E-state index in [9.17, 15) is 0 Å². The van der Waals surface area contributed by atoms with Crippen LogP contribution in [-0.4, -0.2) is 6.04 Å². The van der Waals surface area contributed by atoms with Gasteiger partial charge in [-0.15, -0.1) is 6.42 Å². The van der Waals surface area contributed by atoms with Crippen LogP contribution >= 0.6 is 0 Å². The molecule has 2 heteroatoms. The summed E-state index contributed by atoms with van der Waals surface area (Å²) >= 11 is 0. The predicted molar refractivity (Wildman–Crippen MR) is 82.9 cm³/mol. The van der Waals surface area contributed by atoms with E-state index in [4.69, 9.17) is 17.9 Å². The van der Waals surface area contributed by atoms with Crippen molar-refractivity contribution in [3.8, 4) is 12.3 Å². The van der Waals surface area contributed by atoms with Gasteiger partial charge in [-0.2, -0.15) is 0 Å². The third kappa shape index (κ3) is 1.89. The largest absolute Gasteiger partial charge is 0.321 e. The summed E-state index contributed by atoms with van der Waals surface area (Å²) in [5.41, 5.74) is 15.7. The first kappa shape index (κ1) is 13.7.